The van der Waals surface area contributed by atoms with Gasteiger partial charge in [0.2, 0.25) is 5.91 Å². The van der Waals surface area contributed by atoms with Gasteiger partial charge in [0.1, 0.15) is 0 Å². The van der Waals surface area contributed by atoms with E-state index in [2.05, 4.69) is 10.1 Å². The molecule has 0 bridgehead atoms. The molecule has 14 heavy (non-hydrogen) atoms. The number of ether oxygens (including phenoxy) is 1. The van der Waals surface area contributed by atoms with Crippen LogP contribution < -0.4 is 5.32 Å². The standard InChI is InChI=1S/C10H13NO3/c1-5-4-11-9(12)6-3-7(8(5)6)10(13)14-2/h4,6-8H,3H2,1-2H3,(H,11,12). The van der Waals surface area contributed by atoms with Gasteiger partial charge in [-0.05, 0) is 13.3 Å². The maximum atomic E-state index is 11.3. The number of esters is 1. The summed E-state index contributed by atoms with van der Waals surface area (Å²) in [7, 11) is 1.39. The van der Waals surface area contributed by atoms with Gasteiger partial charge in [-0.3, -0.25) is 9.59 Å². The number of carbonyl (C=O) groups is 2. The van der Waals surface area contributed by atoms with Crippen molar-refractivity contribution in [3.63, 3.8) is 0 Å². The van der Waals surface area contributed by atoms with E-state index >= 15 is 0 Å². The first-order chi connectivity index (χ1) is 6.65. The zero-order valence-corrected chi connectivity index (χ0v) is 8.24. The van der Waals surface area contributed by atoms with Crippen LogP contribution in [-0.2, 0) is 14.3 Å². The average molecular weight is 195 g/mol. The summed E-state index contributed by atoms with van der Waals surface area (Å²) in [6.07, 6.45) is 2.31. The highest BCUT2D eigenvalue weighted by molar-refractivity contribution is 5.86. The van der Waals surface area contributed by atoms with Crippen LogP contribution in [0.25, 0.3) is 0 Å². The Bertz CT molecular complexity index is 321. The van der Waals surface area contributed by atoms with Gasteiger partial charge in [-0.25, -0.2) is 0 Å². The second-order valence-corrected chi connectivity index (χ2v) is 3.89. The van der Waals surface area contributed by atoms with Crippen molar-refractivity contribution < 1.29 is 14.3 Å². The molecule has 4 heteroatoms. The summed E-state index contributed by atoms with van der Waals surface area (Å²) >= 11 is 0. The van der Waals surface area contributed by atoms with Crippen molar-refractivity contribution >= 4 is 11.9 Å². The number of fused-ring (bicyclic) bond motifs is 1. The van der Waals surface area contributed by atoms with Crippen molar-refractivity contribution in [3.05, 3.63) is 11.8 Å². The van der Waals surface area contributed by atoms with Gasteiger partial charge in [0.25, 0.3) is 0 Å². The first kappa shape index (κ1) is 9.24. The third-order valence-corrected chi connectivity index (χ3v) is 3.18. The number of nitrogens with one attached hydrogen (secondary N) is 1. The maximum Gasteiger partial charge on any atom is 0.309 e. The third-order valence-electron chi connectivity index (χ3n) is 3.18. The van der Waals surface area contributed by atoms with Gasteiger partial charge in [0.05, 0.1) is 13.0 Å². The second-order valence-electron chi connectivity index (χ2n) is 3.89. The number of allylic oxidation sites excluding steroid dienone is 1. The molecule has 0 aromatic rings. The summed E-state index contributed by atoms with van der Waals surface area (Å²) in [5.41, 5.74) is 1.07. The van der Waals surface area contributed by atoms with Gasteiger partial charge in [0.15, 0.2) is 0 Å². The summed E-state index contributed by atoms with van der Waals surface area (Å²) in [4.78, 5) is 22.7. The Balaban J connectivity index is 2.17. The summed E-state index contributed by atoms with van der Waals surface area (Å²) in [6, 6.07) is 0. The monoisotopic (exact) mass is 195 g/mol. The Kier molecular flexibility index (Phi) is 2.06. The average Bonchev–Trinajstić information content (AvgIpc) is 2.11. The summed E-state index contributed by atoms with van der Waals surface area (Å²) in [6.45, 7) is 1.94. The number of rotatable bonds is 1. The molecule has 1 N–H and O–H groups in total. The minimum Gasteiger partial charge on any atom is -0.469 e. The predicted molar refractivity (Wildman–Crippen MR) is 49.0 cm³/mol. The molecule has 2 aliphatic rings. The minimum absolute atomic E-state index is 0.0240. The van der Waals surface area contributed by atoms with Gasteiger partial charge in [0, 0.05) is 18.0 Å². The van der Waals surface area contributed by atoms with Crippen LogP contribution in [0.15, 0.2) is 11.8 Å². The summed E-state index contributed by atoms with van der Waals surface area (Å²) in [5.74, 6) is -0.248. The Morgan fingerprint density at radius 1 is 1.64 bits per heavy atom. The normalized spacial score (nSPS) is 34.9. The highest BCUT2D eigenvalue weighted by Gasteiger charge is 2.51. The molecule has 1 aliphatic heterocycles. The molecule has 1 amide bonds. The van der Waals surface area contributed by atoms with Crippen LogP contribution in [0.4, 0.5) is 0 Å². The smallest absolute Gasteiger partial charge is 0.309 e. The van der Waals surface area contributed by atoms with Crippen LogP contribution in [0.1, 0.15) is 13.3 Å². The van der Waals surface area contributed by atoms with Crippen LogP contribution in [0.3, 0.4) is 0 Å². The van der Waals surface area contributed by atoms with Crippen LogP contribution in [-0.4, -0.2) is 19.0 Å². The van der Waals surface area contributed by atoms with Crippen molar-refractivity contribution in [2.24, 2.45) is 17.8 Å². The lowest BCUT2D eigenvalue weighted by Gasteiger charge is -2.44. The molecule has 2 rings (SSSR count). The highest BCUT2D eigenvalue weighted by Crippen LogP contribution is 2.46. The lowest BCUT2D eigenvalue weighted by molar-refractivity contribution is -0.156. The quantitative estimate of drug-likeness (QED) is 0.618. The molecule has 0 aromatic heterocycles. The van der Waals surface area contributed by atoms with Crippen LogP contribution in [0.5, 0.6) is 0 Å². The zero-order valence-electron chi connectivity index (χ0n) is 8.24. The fraction of sp³-hybridized carbons (Fsp3) is 0.600. The Morgan fingerprint density at radius 3 is 3.00 bits per heavy atom. The van der Waals surface area contributed by atoms with Crippen LogP contribution in [0, 0.1) is 17.8 Å². The minimum atomic E-state index is -0.200. The molecule has 0 aromatic carbocycles. The van der Waals surface area contributed by atoms with E-state index in [1.807, 2.05) is 6.92 Å². The number of amides is 1. The first-order valence-electron chi connectivity index (χ1n) is 4.70. The van der Waals surface area contributed by atoms with E-state index in [0.29, 0.717) is 6.42 Å². The molecule has 4 nitrogen and oxygen atoms in total. The first-order valence-corrected chi connectivity index (χ1v) is 4.70. The second kappa shape index (κ2) is 3.12. The fourth-order valence-corrected chi connectivity index (χ4v) is 2.34. The lowest BCUT2D eigenvalue weighted by atomic mass is 9.60. The van der Waals surface area contributed by atoms with Gasteiger partial charge < -0.3 is 10.1 Å². The molecule has 76 valence electrons. The lowest BCUT2D eigenvalue weighted by Crippen LogP contribution is -2.52. The molecular formula is C10H13NO3. The van der Waals surface area contributed by atoms with E-state index < -0.39 is 0 Å². The van der Waals surface area contributed by atoms with Gasteiger partial charge in [-0.2, -0.15) is 0 Å². The molecule has 0 spiro atoms. The van der Waals surface area contributed by atoms with E-state index in [1.165, 1.54) is 7.11 Å². The molecule has 0 radical (unpaired) electrons. The number of hydrogen-bond acceptors (Lipinski definition) is 3. The van der Waals surface area contributed by atoms with E-state index in [4.69, 9.17) is 0 Å². The molecule has 0 saturated heterocycles. The molecule has 3 unspecified atom stereocenters. The van der Waals surface area contributed by atoms with Crippen LogP contribution in [0.2, 0.25) is 0 Å². The third kappa shape index (κ3) is 1.14. The van der Waals surface area contributed by atoms with Gasteiger partial charge >= 0.3 is 5.97 Å². The van der Waals surface area contributed by atoms with Crippen LogP contribution >= 0.6 is 0 Å². The zero-order chi connectivity index (χ0) is 10.3. The molecule has 3 atom stereocenters. The molecular weight excluding hydrogens is 182 g/mol. The van der Waals surface area contributed by atoms with Crippen molar-refractivity contribution in [3.8, 4) is 0 Å². The number of methoxy groups -OCH3 is 1. The number of hydrogen-bond donors (Lipinski definition) is 1. The molecule has 1 fully saturated rings. The Morgan fingerprint density at radius 2 is 2.36 bits per heavy atom. The van der Waals surface area contributed by atoms with E-state index in [-0.39, 0.29) is 29.6 Å². The molecule has 1 heterocycles. The van der Waals surface area contributed by atoms with Gasteiger partial charge in [-0.1, -0.05) is 5.57 Å². The van der Waals surface area contributed by atoms with E-state index in [0.717, 1.165) is 5.57 Å². The molecule has 1 aliphatic carbocycles. The maximum absolute atomic E-state index is 11.3. The highest BCUT2D eigenvalue weighted by atomic mass is 16.5. The van der Waals surface area contributed by atoms with E-state index in [9.17, 15) is 9.59 Å². The van der Waals surface area contributed by atoms with Crippen molar-refractivity contribution in [2.45, 2.75) is 13.3 Å². The Labute approximate surface area is 82.3 Å². The Hall–Kier alpha value is -1.32. The van der Waals surface area contributed by atoms with Crippen molar-refractivity contribution in [1.29, 1.82) is 0 Å². The van der Waals surface area contributed by atoms with E-state index in [1.54, 1.807) is 6.20 Å². The SMILES string of the molecule is COC(=O)C1CC2C(=O)NC=C(C)C21. The topological polar surface area (TPSA) is 55.4 Å². The van der Waals surface area contributed by atoms with Crippen molar-refractivity contribution in [2.75, 3.05) is 7.11 Å². The summed E-state index contributed by atoms with van der Waals surface area (Å²) < 4.78 is 4.69. The number of carbonyl (C=O) groups excluding carboxylic acids is 2. The molecule has 1 saturated carbocycles. The largest absolute Gasteiger partial charge is 0.469 e. The summed E-state index contributed by atoms with van der Waals surface area (Å²) in [5, 5.41) is 2.69. The van der Waals surface area contributed by atoms with Gasteiger partial charge in [-0.15, -0.1) is 0 Å². The van der Waals surface area contributed by atoms with Crippen molar-refractivity contribution in [1.82, 2.24) is 5.32 Å². The predicted octanol–water partition coefficient (Wildman–Crippen LogP) is 0.445. The fourth-order valence-electron chi connectivity index (χ4n) is 2.34.